The van der Waals surface area contributed by atoms with Crippen LogP contribution < -0.4 is 5.32 Å². The van der Waals surface area contributed by atoms with Crippen LogP contribution >= 0.6 is 0 Å². The van der Waals surface area contributed by atoms with Crippen LogP contribution in [0.15, 0.2) is 12.7 Å². The minimum absolute atomic E-state index is 0.0588. The smallest absolute Gasteiger partial charge is 0.168 e. The van der Waals surface area contributed by atoms with Crippen molar-refractivity contribution in [1.29, 1.82) is 0 Å². The number of hydrogen-bond donors (Lipinski definition) is 1. The fourth-order valence-corrected chi connectivity index (χ4v) is 0.461. The molecule has 52 valence electrons. The summed E-state index contributed by atoms with van der Waals surface area (Å²) in [5.41, 5.74) is 0. The molecule has 0 aromatic carbocycles. The van der Waals surface area contributed by atoms with Gasteiger partial charge in [-0.15, -0.1) is 0 Å². The van der Waals surface area contributed by atoms with E-state index in [9.17, 15) is 4.79 Å². The zero-order chi connectivity index (χ0) is 7.11. The van der Waals surface area contributed by atoms with E-state index in [1.807, 2.05) is 0 Å². The monoisotopic (exact) mass is 127 g/mol. The molecule has 0 aliphatic rings. The summed E-state index contributed by atoms with van der Waals surface area (Å²) in [6.45, 7) is 6.74. The van der Waals surface area contributed by atoms with Gasteiger partial charge in [-0.05, 0) is 19.0 Å². The van der Waals surface area contributed by atoms with Crippen molar-refractivity contribution in [2.45, 2.75) is 13.3 Å². The zero-order valence-electron chi connectivity index (χ0n) is 5.81. The molecule has 0 fully saturated rings. The molecule has 0 aromatic rings. The van der Waals surface area contributed by atoms with Crippen LogP contribution in [-0.2, 0) is 4.79 Å². The van der Waals surface area contributed by atoms with Crippen LogP contribution in [-0.4, -0.2) is 18.9 Å². The average molecular weight is 127 g/mol. The second-order valence-electron chi connectivity index (χ2n) is 1.85. The fourth-order valence-electron chi connectivity index (χ4n) is 0.461. The van der Waals surface area contributed by atoms with Crippen molar-refractivity contribution in [2.75, 3.05) is 13.1 Å². The molecule has 1 N–H and O–H groups in total. The number of carbonyl (C=O) groups is 1. The van der Waals surface area contributed by atoms with E-state index in [1.165, 1.54) is 6.08 Å². The third-order valence-electron chi connectivity index (χ3n) is 0.954. The molecule has 0 saturated heterocycles. The highest BCUT2D eigenvalue weighted by Gasteiger charge is 1.90. The Balaban J connectivity index is 3.07. The van der Waals surface area contributed by atoms with E-state index in [-0.39, 0.29) is 5.78 Å². The summed E-state index contributed by atoms with van der Waals surface area (Å²) in [6, 6.07) is 0. The molecule has 0 amide bonds. The molecular formula is C7H13NO. The molecule has 0 atom stereocenters. The van der Waals surface area contributed by atoms with Gasteiger partial charge in [-0.3, -0.25) is 4.79 Å². The maximum atomic E-state index is 10.5. The van der Waals surface area contributed by atoms with Gasteiger partial charge in [0.15, 0.2) is 5.78 Å². The van der Waals surface area contributed by atoms with E-state index in [0.717, 1.165) is 13.0 Å². The molecular weight excluding hydrogens is 114 g/mol. The van der Waals surface area contributed by atoms with E-state index >= 15 is 0 Å². The summed E-state index contributed by atoms with van der Waals surface area (Å²) in [4.78, 5) is 10.5. The van der Waals surface area contributed by atoms with Gasteiger partial charge >= 0.3 is 0 Å². The number of rotatable bonds is 5. The van der Waals surface area contributed by atoms with Gasteiger partial charge in [0, 0.05) is 0 Å². The zero-order valence-corrected chi connectivity index (χ0v) is 5.81. The van der Waals surface area contributed by atoms with Crippen molar-refractivity contribution in [3.63, 3.8) is 0 Å². The standard InChI is InChI=1S/C7H13NO/c1-3-5-8-6-7(9)4-2/h4,8H,2-3,5-6H2,1H3. The summed E-state index contributed by atoms with van der Waals surface area (Å²) >= 11 is 0. The first-order chi connectivity index (χ1) is 4.31. The van der Waals surface area contributed by atoms with Crippen LogP contribution in [0.3, 0.4) is 0 Å². The Morgan fingerprint density at radius 3 is 2.89 bits per heavy atom. The minimum Gasteiger partial charge on any atom is -0.310 e. The van der Waals surface area contributed by atoms with Gasteiger partial charge < -0.3 is 5.32 Å². The highest BCUT2D eigenvalue weighted by Crippen LogP contribution is 1.72. The highest BCUT2D eigenvalue weighted by atomic mass is 16.1. The van der Waals surface area contributed by atoms with Gasteiger partial charge in [-0.25, -0.2) is 0 Å². The highest BCUT2D eigenvalue weighted by molar-refractivity contribution is 5.90. The lowest BCUT2D eigenvalue weighted by Crippen LogP contribution is -2.21. The number of hydrogen-bond acceptors (Lipinski definition) is 2. The van der Waals surface area contributed by atoms with E-state index in [2.05, 4.69) is 18.8 Å². The van der Waals surface area contributed by atoms with Crippen molar-refractivity contribution in [2.24, 2.45) is 0 Å². The Kier molecular flexibility index (Phi) is 5.12. The van der Waals surface area contributed by atoms with Gasteiger partial charge in [-0.1, -0.05) is 13.5 Å². The predicted octanol–water partition coefficient (Wildman–Crippen LogP) is 0.741. The summed E-state index contributed by atoms with van der Waals surface area (Å²) in [5, 5.41) is 2.96. The van der Waals surface area contributed by atoms with Gasteiger partial charge in [0.1, 0.15) is 0 Å². The Labute approximate surface area is 56.0 Å². The molecule has 0 aromatic heterocycles. The molecule has 0 heterocycles. The van der Waals surface area contributed by atoms with Crippen LogP contribution in [0.4, 0.5) is 0 Å². The van der Waals surface area contributed by atoms with Crippen LogP contribution in [0.2, 0.25) is 0 Å². The second-order valence-corrected chi connectivity index (χ2v) is 1.85. The van der Waals surface area contributed by atoms with Crippen molar-refractivity contribution in [3.05, 3.63) is 12.7 Å². The third kappa shape index (κ3) is 5.24. The largest absolute Gasteiger partial charge is 0.310 e. The fraction of sp³-hybridized carbons (Fsp3) is 0.571. The van der Waals surface area contributed by atoms with E-state index in [1.54, 1.807) is 0 Å². The Morgan fingerprint density at radius 2 is 2.44 bits per heavy atom. The second kappa shape index (κ2) is 5.51. The van der Waals surface area contributed by atoms with Crippen molar-refractivity contribution < 1.29 is 4.79 Å². The number of nitrogens with one attached hydrogen (secondary N) is 1. The molecule has 0 unspecified atom stereocenters. The molecule has 0 spiro atoms. The van der Waals surface area contributed by atoms with Crippen molar-refractivity contribution in [3.8, 4) is 0 Å². The summed E-state index contributed by atoms with van der Waals surface area (Å²) in [6.07, 6.45) is 2.40. The molecule has 0 radical (unpaired) electrons. The first-order valence-corrected chi connectivity index (χ1v) is 3.17. The molecule has 2 nitrogen and oxygen atoms in total. The molecule has 0 aliphatic heterocycles. The lowest BCUT2D eigenvalue weighted by molar-refractivity contribution is -0.113. The lowest BCUT2D eigenvalue weighted by atomic mass is 10.4. The van der Waals surface area contributed by atoms with Gasteiger partial charge in [0.2, 0.25) is 0 Å². The summed E-state index contributed by atoms with van der Waals surface area (Å²) in [5.74, 6) is 0.0588. The van der Waals surface area contributed by atoms with E-state index in [0.29, 0.717) is 6.54 Å². The van der Waals surface area contributed by atoms with Gasteiger partial charge in [0.05, 0.1) is 6.54 Å². The predicted molar refractivity (Wildman–Crippen MR) is 38.4 cm³/mol. The molecule has 0 aliphatic carbocycles. The van der Waals surface area contributed by atoms with E-state index in [4.69, 9.17) is 0 Å². The first-order valence-electron chi connectivity index (χ1n) is 3.17. The topological polar surface area (TPSA) is 29.1 Å². The quantitative estimate of drug-likeness (QED) is 0.436. The Morgan fingerprint density at radius 1 is 1.78 bits per heavy atom. The minimum atomic E-state index is 0.0588. The van der Waals surface area contributed by atoms with Gasteiger partial charge in [0.25, 0.3) is 0 Å². The summed E-state index contributed by atoms with van der Waals surface area (Å²) < 4.78 is 0. The average Bonchev–Trinajstić information content (AvgIpc) is 1.89. The van der Waals surface area contributed by atoms with Crippen molar-refractivity contribution in [1.82, 2.24) is 5.32 Å². The molecule has 0 rings (SSSR count). The Hall–Kier alpha value is -0.630. The lowest BCUT2D eigenvalue weighted by Gasteiger charge is -1.96. The summed E-state index contributed by atoms with van der Waals surface area (Å²) in [7, 11) is 0. The Bertz CT molecular complexity index is 99.1. The molecule has 9 heavy (non-hydrogen) atoms. The molecule has 0 bridgehead atoms. The van der Waals surface area contributed by atoms with Crippen molar-refractivity contribution >= 4 is 5.78 Å². The SMILES string of the molecule is C=CC(=O)CNCCC. The van der Waals surface area contributed by atoms with Gasteiger partial charge in [-0.2, -0.15) is 0 Å². The normalized spacial score (nSPS) is 9.00. The maximum absolute atomic E-state index is 10.5. The molecule has 2 heteroatoms. The van der Waals surface area contributed by atoms with Crippen LogP contribution in [0, 0.1) is 0 Å². The van der Waals surface area contributed by atoms with E-state index < -0.39 is 0 Å². The number of ketones is 1. The van der Waals surface area contributed by atoms with Crippen LogP contribution in [0.1, 0.15) is 13.3 Å². The van der Waals surface area contributed by atoms with Crippen LogP contribution in [0.5, 0.6) is 0 Å². The van der Waals surface area contributed by atoms with Crippen LogP contribution in [0.25, 0.3) is 0 Å². The third-order valence-corrected chi connectivity index (χ3v) is 0.954. The number of carbonyl (C=O) groups excluding carboxylic acids is 1. The molecule has 0 saturated carbocycles. The maximum Gasteiger partial charge on any atom is 0.168 e. The first kappa shape index (κ1) is 8.37.